The van der Waals surface area contributed by atoms with Crippen LogP contribution in [0, 0.1) is 0 Å². The summed E-state index contributed by atoms with van der Waals surface area (Å²) in [6.45, 7) is 8.42. The van der Waals surface area contributed by atoms with Crippen molar-refractivity contribution in [2.24, 2.45) is 0 Å². The van der Waals surface area contributed by atoms with Crippen molar-refractivity contribution in [3.8, 4) is 0 Å². The van der Waals surface area contributed by atoms with Gasteiger partial charge in [0.1, 0.15) is 5.60 Å². The number of amides is 1. The zero-order valence-electron chi connectivity index (χ0n) is 10.3. The molecule has 5 nitrogen and oxygen atoms in total. The summed E-state index contributed by atoms with van der Waals surface area (Å²) in [4.78, 5) is 21.8. The molecule has 0 saturated carbocycles. The first-order chi connectivity index (χ1) is 7.11. The van der Waals surface area contributed by atoms with Gasteiger partial charge in [-0.3, -0.25) is 0 Å². The first kappa shape index (κ1) is 14.5. The van der Waals surface area contributed by atoms with Gasteiger partial charge < -0.3 is 15.2 Å². The summed E-state index contributed by atoms with van der Waals surface area (Å²) in [6, 6.07) is -0.383. The van der Waals surface area contributed by atoms with Crippen molar-refractivity contribution in [1.29, 1.82) is 0 Å². The number of carbonyl (C=O) groups is 2. The van der Waals surface area contributed by atoms with E-state index in [2.05, 4.69) is 5.32 Å². The highest BCUT2D eigenvalue weighted by atomic mass is 16.6. The predicted molar refractivity (Wildman–Crippen MR) is 60.2 cm³/mol. The van der Waals surface area contributed by atoms with Crippen LogP contribution in [-0.4, -0.2) is 28.8 Å². The Hall–Kier alpha value is -1.52. The van der Waals surface area contributed by atoms with Crippen LogP contribution in [0.4, 0.5) is 4.79 Å². The van der Waals surface area contributed by atoms with E-state index in [0.29, 0.717) is 0 Å². The van der Waals surface area contributed by atoms with Crippen LogP contribution in [0.1, 0.15) is 34.6 Å². The maximum absolute atomic E-state index is 11.3. The molecule has 0 aliphatic heterocycles. The van der Waals surface area contributed by atoms with Crippen molar-refractivity contribution in [3.05, 3.63) is 11.6 Å². The molecule has 0 heterocycles. The number of nitrogens with one attached hydrogen (secondary N) is 1. The maximum atomic E-state index is 11.3. The zero-order valence-corrected chi connectivity index (χ0v) is 10.3. The van der Waals surface area contributed by atoms with E-state index in [1.807, 2.05) is 0 Å². The minimum Gasteiger partial charge on any atom is -0.478 e. The van der Waals surface area contributed by atoms with Gasteiger partial charge >= 0.3 is 12.1 Å². The van der Waals surface area contributed by atoms with Gasteiger partial charge in [-0.15, -0.1) is 0 Å². The lowest BCUT2D eigenvalue weighted by Gasteiger charge is -2.21. The molecule has 0 aliphatic carbocycles. The second kappa shape index (κ2) is 5.53. The van der Waals surface area contributed by atoms with Gasteiger partial charge in [0.15, 0.2) is 0 Å². The molecule has 0 spiro atoms. The minimum atomic E-state index is -1.00. The van der Waals surface area contributed by atoms with Crippen molar-refractivity contribution in [3.63, 3.8) is 0 Å². The van der Waals surface area contributed by atoms with E-state index in [9.17, 15) is 9.59 Å². The molecule has 1 unspecified atom stereocenters. The molecule has 1 amide bonds. The molecule has 0 bridgehead atoms. The van der Waals surface area contributed by atoms with Gasteiger partial charge in [-0.1, -0.05) is 6.08 Å². The monoisotopic (exact) mass is 229 g/mol. The van der Waals surface area contributed by atoms with E-state index in [0.717, 1.165) is 0 Å². The van der Waals surface area contributed by atoms with Crippen molar-refractivity contribution in [2.45, 2.75) is 46.3 Å². The minimum absolute atomic E-state index is 0.184. The van der Waals surface area contributed by atoms with Crippen LogP contribution >= 0.6 is 0 Å². The highest BCUT2D eigenvalue weighted by molar-refractivity contribution is 5.86. The summed E-state index contributed by atoms with van der Waals surface area (Å²) in [7, 11) is 0. The van der Waals surface area contributed by atoms with Crippen LogP contribution in [0.15, 0.2) is 11.6 Å². The largest absolute Gasteiger partial charge is 0.478 e. The number of rotatable bonds is 3. The molecule has 0 aromatic carbocycles. The quantitative estimate of drug-likeness (QED) is 0.725. The second-order valence-corrected chi connectivity index (χ2v) is 4.59. The van der Waals surface area contributed by atoms with Crippen LogP contribution in [0.2, 0.25) is 0 Å². The van der Waals surface area contributed by atoms with Gasteiger partial charge in [-0.25, -0.2) is 9.59 Å². The number of aliphatic carboxylic acids is 1. The van der Waals surface area contributed by atoms with Crippen molar-refractivity contribution in [2.75, 3.05) is 0 Å². The van der Waals surface area contributed by atoms with Gasteiger partial charge in [0.25, 0.3) is 0 Å². The Morgan fingerprint density at radius 1 is 1.38 bits per heavy atom. The zero-order chi connectivity index (χ0) is 12.9. The lowest BCUT2D eigenvalue weighted by Crippen LogP contribution is -2.37. The number of carboxylic acid groups (broad SMARTS) is 1. The first-order valence-electron chi connectivity index (χ1n) is 5.03. The van der Waals surface area contributed by atoms with Crippen LogP contribution < -0.4 is 5.32 Å². The number of ether oxygens (including phenoxy) is 1. The third-order valence-corrected chi connectivity index (χ3v) is 1.58. The number of carboxylic acids is 1. The van der Waals surface area contributed by atoms with Gasteiger partial charge in [0, 0.05) is 11.6 Å². The second-order valence-electron chi connectivity index (χ2n) is 4.59. The van der Waals surface area contributed by atoms with Gasteiger partial charge in [-0.2, -0.15) is 0 Å². The molecule has 0 fully saturated rings. The lowest BCUT2D eigenvalue weighted by molar-refractivity contribution is -0.132. The fourth-order valence-electron chi connectivity index (χ4n) is 0.981. The molecular weight excluding hydrogens is 210 g/mol. The molecule has 16 heavy (non-hydrogen) atoms. The van der Waals surface area contributed by atoms with E-state index in [-0.39, 0.29) is 11.6 Å². The molecule has 0 aromatic heterocycles. The number of hydrogen-bond acceptors (Lipinski definition) is 3. The average Bonchev–Trinajstić information content (AvgIpc) is 1.98. The summed E-state index contributed by atoms with van der Waals surface area (Å²) in [5.74, 6) is -1.00. The predicted octanol–water partition coefficient (Wildman–Crippen LogP) is 1.93. The Balaban J connectivity index is 4.26. The SMILES string of the molecule is C/C(=C\C(C)NC(=O)OC(C)(C)C)C(=O)O. The molecule has 0 aromatic rings. The van der Waals surface area contributed by atoms with Crippen LogP contribution in [0.5, 0.6) is 0 Å². The Morgan fingerprint density at radius 2 is 1.88 bits per heavy atom. The van der Waals surface area contributed by atoms with Crippen molar-refractivity contribution in [1.82, 2.24) is 5.32 Å². The standard InChI is InChI=1S/C11H19NO4/c1-7(9(13)14)6-8(2)12-10(15)16-11(3,4)5/h6,8H,1-5H3,(H,12,15)(H,13,14)/b7-6+. The van der Waals surface area contributed by atoms with Crippen molar-refractivity contribution >= 4 is 12.1 Å². The summed E-state index contributed by atoms with van der Waals surface area (Å²) < 4.78 is 5.02. The maximum Gasteiger partial charge on any atom is 0.408 e. The number of carbonyl (C=O) groups excluding carboxylic acids is 1. The molecule has 0 radical (unpaired) electrons. The van der Waals surface area contributed by atoms with Crippen LogP contribution in [0.3, 0.4) is 0 Å². The first-order valence-corrected chi connectivity index (χ1v) is 5.03. The topological polar surface area (TPSA) is 75.6 Å². The summed E-state index contributed by atoms with van der Waals surface area (Å²) >= 11 is 0. The summed E-state index contributed by atoms with van der Waals surface area (Å²) in [6.07, 6.45) is 0.890. The Labute approximate surface area is 95.5 Å². The Bertz CT molecular complexity index is 302. The molecule has 0 saturated heterocycles. The fourth-order valence-corrected chi connectivity index (χ4v) is 0.981. The molecule has 5 heteroatoms. The normalized spacial score (nSPS) is 14.2. The molecule has 1 atom stereocenters. The van der Waals surface area contributed by atoms with E-state index in [1.165, 1.54) is 13.0 Å². The third-order valence-electron chi connectivity index (χ3n) is 1.58. The van der Waals surface area contributed by atoms with Crippen LogP contribution in [-0.2, 0) is 9.53 Å². The van der Waals surface area contributed by atoms with E-state index in [4.69, 9.17) is 9.84 Å². The Morgan fingerprint density at radius 3 is 2.25 bits per heavy atom. The summed E-state index contributed by atoms with van der Waals surface area (Å²) in [5, 5.41) is 11.2. The molecule has 2 N–H and O–H groups in total. The molecule has 92 valence electrons. The Kier molecular flexibility index (Phi) is 5.01. The molecule has 0 aliphatic rings. The fraction of sp³-hybridized carbons (Fsp3) is 0.636. The molecular formula is C11H19NO4. The average molecular weight is 229 g/mol. The highest BCUT2D eigenvalue weighted by Gasteiger charge is 2.17. The smallest absolute Gasteiger partial charge is 0.408 e. The third kappa shape index (κ3) is 6.86. The lowest BCUT2D eigenvalue weighted by atomic mass is 10.2. The number of alkyl carbamates (subject to hydrolysis) is 1. The molecule has 0 rings (SSSR count). The van der Waals surface area contributed by atoms with E-state index >= 15 is 0 Å². The van der Waals surface area contributed by atoms with E-state index < -0.39 is 17.7 Å². The number of hydrogen-bond donors (Lipinski definition) is 2. The highest BCUT2D eigenvalue weighted by Crippen LogP contribution is 2.07. The van der Waals surface area contributed by atoms with Crippen LogP contribution in [0.25, 0.3) is 0 Å². The van der Waals surface area contributed by atoms with E-state index in [1.54, 1.807) is 27.7 Å². The van der Waals surface area contributed by atoms with Gasteiger partial charge in [-0.05, 0) is 34.6 Å². The van der Waals surface area contributed by atoms with Gasteiger partial charge in [0.2, 0.25) is 0 Å². The van der Waals surface area contributed by atoms with Gasteiger partial charge in [0.05, 0.1) is 0 Å². The van der Waals surface area contributed by atoms with Crippen molar-refractivity contribution < 1.29 is 19.4 Å². The summed E-state index contributed by atoms with van der Waals surface area (Å²) in [5.41, 5.74) is -0.376.